The SMILES string of the molecule is COC(=O)C1=C(CN2CC=C(c3ccccc3)CC2)NC(=O)N[C@@H]1c1ccc(OC)c(OC)c1. The lowest BCUT2D eigenvalue weighted by atomic mass is 9.94. The highest BCUT2D eigenvalue weighted by molar-refractivity contribution is 5.95. The van der Waals surface area contributed by atoms with Crippen molar-refractivity contribution in [1.82, 2.24) is 15.5 Å². The van der Waals surface area contributed by atoms with Crippen LogP contribution in [-0.4, -0.2) is 57.9 Å². The zero-order valence-electron chi connectivity index (χ0n) is 19.6. The van der Waals surface area contributed by atoms with Crippen molar-refractivity contribution in [3.63, 3.8) is 0 Å². The molecule has 0 saturated carbocycles. The van der Waals surface area contributed by atoms with Gasteiger partial charge in [-0.3, -0.25) is 4.90 Å². The third kappa shape index (κ3) is 4.92. The highest BCUT2D eigenvalue weighted by Gasteiger charge is 2.34. The quantitative estimate of drug-likeness (QED) is 0.613. The van der Waals surface area contributed by atoms with Gasteiger partial charge in [-0.2, -0.15) is 0 Å². The van der Waals surface area contributed by atoms with Gasteiger partial charge >= 0.3 is 12.0 Å². The fraction of sp³-hybridized carbons (Fsp3) is 0.308. The van der Waals surface area contributed by atoms with E-state index in [-0.39, 0.29) is 6.03 Å². The van der Waals surface area contributed by atoms with Crippen LogP contribution < -0.4 is 20.1 Å². The number of nitrogens with one attached hydrogen (secondary N) is 2. The summed E-state index contributed by atoms with van der Waals surface area (Å²) in [5.41, 5.74) is 4.12. The number of ether oxygens (including phenoxy) is 3. The van der Waals surface area contributed by atoms with Crippen LogP contribution in [0.1, 0.15) is 23.6 Å². The zero-order chi connectivity index (χ0) is 24.1. The van der Waals surface area contributed by atoms with Gasteiger partial charge in [0.1, 0.15) is 0 Å². The van der Waals surface area contributed by atoms with E-state index in [2.05, 4.69) is 33.7 Å². The second-order valence-electron chi connectivity index (χ2n) is 8.11. The van der Waals surface area contributed by atoms with Gasteiger partial charge in [-0.25, -0.2) is 9.59 Å². The first-order valence-corrected chi connectivity index (χ1v) is 11.1. The molecule has 0 spiro atoms. The molecule has 0 saturated heterocycles. The molecule has 0 aromatic heterocycles. The summed E-state index contributed by atoms with van der Waals surface area (Å²) < 4.78 is 15.8. The van der Waals surface area contributed by atoms with Crippen LogP contribution in [-0.2, 0) is 9.53 Å². The van der Waals surface area contributed by atoms with E-state index in [4.69, 9.17) is 14.2 Å². The summed E-state index contributed by atoms with van der Waals surface area (Å²) in [6.45, 7) is 1.94. The number of nitrogens with zero attached hydrogens (tertiary/aromatic N) is 1. The Labute approximate surface area is 199 Å². The third-order valence-electron chi connectivity index (χ3n) is 6.12. The number of methoxy groups -OCH3 is 3. The van der Waals surface area contributed by atoms with Crippen LogP contribution in [0, 0.1) is 0 Å². The number of carbonyl (C=O) groups excluding carboxylic acids is 2. The lowest BCUT2D eigenvalue weighted by Gasteiger charge is -2.33. The maximum atomic E-state index is 12.9. The number of amides is 2. The van der Waals surface area contributed by atoms with Gasteiger partial charge in [-0.05, 0) is 35.3 Å². The number of carbonyl (C=O) groups is 2. The molecule has 178 valence electrons. The lowest BCUT2D eigenvalue weighted by molar-refractivity contribution is -0.136. The van der Waals surface area contributed by atoms with Gasteiger partial charge in [0.25, 0.3) is 0 Å². The summed E-state index contributed by atoms with van der Waals surface area (Å²) in [5, 5.41) is 5.68. The van der Waals surface area contributed by atoms with Crippen LogP contribution in [0.3, 0.4) is 0 Å². The predicted molar refractivity (Wildman–Crippen MR) is 128 cm³/mol. The minimum atomic E-state index is -0.684. The Kier molecular flexibility index (Phi) is 7.18. The van der Waals surface area contributed by atoms with E-state index < -0.39 is 12.0 Å². The fourth-order valence-electron chi connectivity index (χ4n) is 4.37. The van der Waals surface area contributed by atoms with E-state index in [0.29, 0.717) is 41.4 Å². The molecule has 2 amide bonds. The molecule has 0 bridgehead atoms. The Hall–Kier alpha value is -3.78. The average Bonchev–Trinajstić information content (AvgIpc) is 2.88. The largest absolute Gasteiger partial charge is 0.493 e. The highest BCUT2D eigenvalue weighted by atomic mass is 16.5. The van der Waals surface area contributed by atoms with Gasteiger partial charge in [-0.15, -0.1) is 0 Å². The molecule has 2 aromatic carbocycles. The fourth-order valence-corrected chi connectivity index (χ4v) is 4.37. The first-order chi connectivity index (χ1) is 16.5. The molecule has 2 N–H and O–H groups in total. The number of benzene rings is 2. The zero-order valence-corrected chi connectivity index (χ0v) is 19.6. The van der Waals surface area contributed by atoms with Crippen LogP contribution in [0.2, 0.25) is 0 Å². The number of rotatable bonds is 7. The summed E-state index contributed by atoms with van der Waals surface area (Å²) >= 11 is 0. The van der Waals surface area contributed by atoms with E-state index in [1.54, 1.807) is 32.4 Å². The van der Waals surface area contributed by atoms with Crippen molar-refractivity contribution in [1.29, 1.82) is 0 Å². The van der Waals surface area contributed by atoms with Crippen molar-refractivity contribution < 1.29 is 23.8 Å². The maximum absolute atomic E-state index is 12.9. The minimum absolute atomic E-state index is 0.368. The van der Waals surface area contributed by atoms with Crippen molar-refractivity contribution in [2.24, 2.45) is 0 Å². The second kappa shape index (κ2) is 10.4. The molecule has 2 heterocycles. The Balaban J connectivity index is 1.63. The maximum Gasteiger partial charge on any atom is 0.338 e. The highest BCUT2D eigenvalue weighted by Crippen LogP contribution is 2.34. The Morgan fingerprint density at radius 3 is 2.47 bits per heavy atom. The molecule has 2 aliphatic rings. The first kappa shape index (κ1) is 23.4. The van der Waals surface area contributed by atoms with Crippen LogP contribution in [0.4, 0.5) is 4.79 Å². The molecule has 2 aliphatic heterocycles. The van der Waals surface area contributed by atoms with Crippen LogP contribution >= 0.6 is 0 Å². The Morgan fingerprint density at radius 1 is 1.06 bits per heavy atom. The van der Waals surface area contributed by atoms with E-state index >= 15 is 0 Å². The predicted octanol–water partition coefficient (Wildman–Crippen LogP) is 3.27. The standard InChI is InChI=1S/C26H29N3O5/c1-32-21-10-9-19(15-22(21)33-2)24-23(25(30)34-3)20(27-26(31)28-24)16-29-13-11-18(12-14-29)17-7-5-4-6-8-17/h4-11,15,24H,12-14,16H2,1-3H3,(H2,27,28,31)/t24-/m1/s1. The molecular formula is C26H29N3O5. The van der Waals surface area contributed by atoms with Gasteiger partial charge < -0.3 is 24.8 Å². The van der Waals surface area contributed by atoms with E-state index in [1.165, 1.54) is 18.2 Å². The van der Waals surface area contributed by atoms with Crippen molar-refractivity contribution >= 4 is 17.6 Å². The summed E-state index contributed by atoms with van der Waals surface area (Å²) in [4.78, 5) is 27.6. The Bertz CT molecular complexity index is 1130. The number of hydrogen-bond acceptors (Lipinski definition) is 6. The van der Waals surface area contributed by atoms with E-state index in [0.717, 1.165) is 13.0 Å². The molecule has 2 aromatic rings. The van der Waals surface area contributed by atoms with Gasteiger partial charge in [0.15, 0.2) is 11.5 Å². The molecule has 0 fully saturated rings. The number of hydrogen-bond donors (Lipinski definition) is 2. The molecule has 1 atom stereocenters. The van der Waals surface area contributed by atoms with Gasteiger partial charge in [0.05, 0.1) is 32.9 Å². The number of esters is 1. The summed E-state index contributed by atoms with van der Waals surface area (Å²) in [6, 6.07) is 14.5. The molecule has 0 radical (unpaired) electrons. The van der Waals surface area contributed by atoms with Crippen molar-refractivity contribution in [2.75, 3.05) is 41.0 Å². The smallest absolute Gasteiger partial charge is 0.338 e. The Morgan fingerprint density at radius 2 is 1.82 bits per heavy atom. The van der Waals surface area contributed by atoms with Crippen LogP contribution in [0.5, 0.6) is 11.5 Å². The average molecular weight is 464 g/mol. The lowest BCUT2D eigenvalue weighted by Crippen LogP contribution is -2.48. The molecule has 8 nitrogen and oxygen atoms in total. The molecule has 0 unspecified atom stereocenters. The van der Waals surface area contributed by atoms with Crippen LogP contribution in [0.25, 0.3) is 5.57 Å². The van der Waals surface area contributed by atoms with Gasteiger partial charge in [0.2, 0.25) is 0 Å². The molecule has 8 heteroatoms. The molecule has 34 heavy (non-hydrogen) atoms. The van der Waals surface area contributed by atoms with Crippen molar-refractivity contribution in [3.8, 4) is 11.5 Å². The van der Waals surface area contributed by atoms with Gasteiger partial charge in [-0.1, -0.05) is 42.5 Å². The minimum Gasteiger partial charge on any atom is -0.493 e. The van der Waals surface area contributed by atoms with E-state index in [1.807, 2.05) is 18.2 Å². The van der Waals surface area contributed by atoms with Crippen molar-refractivity contribution in [2.45, 2.75) is 12.5 Å². The van der Waals surface area contributed by atoms with Crippen molar-refractivity contribution in [3.05, 3.63) is 77.0 Å². The van der Waals surface area contributed by atoms with Crippen LogP contribution in [0.15, 0.2) is 65.9 Å². The first-order valence-electron chi connectivity index (χ1n) is 11.1. The summed E-state index contributed by atoms with van der Waals surface area (Å²) in [6.07, 6.45) is 3.09. The monoisotopic (exact) mass is 463 g/mol. The molecule has 4 rings (SSSR count). The molecule has 0 aliphatic carbocycles. The van der Waals surface area contributed by atoms with E-state index in [9.17, 15) is 9.59 Å². The molecular weight excluding hydrogens is 434 g/mol. The summed E-state index contributed by atoms with van der Waals surface area (Å²) in [7, 11) is 4.43. The van der Waals surface area contributed by atoms with Gasteiger partial charge in [0, 0.05) is 25.3 Å². The topological polar surface area (TPSA) is 89.1 Å². The summed E-state index contributed by atoms with van der Waals surface area (Å²) in [5.74, 6) is 0.567. The number of urea groups is 1. The second-order valence-corrected chi connectivity index (χ2v) is 8.11. The third-order valence-corrected chi connectivity index (χ3v) is 6.12. The normalized spacial score (nSPS) is 18.5.